The third kappa shape index (κ3) is 3.47. The molecule has 0 radical (unpaired) electrons. The predicted molar refractivity (Wildman–Crippen MR) is 67.0 cm³/mol. The summed E-state index contributed by atoms with van der Waals surface area (Å²) in [5.41, 5.74) is 0. The van der Waals surface area contributed by atoms with Gasteiger partial charge in [0.2, 0.25) is 0 Å². The lowest BCUT2D eigenvalue weighted by atomic mass is 10.0. The van der Waals surface area contributed by atoms with Crippen molar-refractivity contribution in [2.45, 2.75) is 52.1 Å². The lowest BCUT2D eigenvalue weighted by molar-refractivity contribution is 0.183. The molecule has 84 valence electrons. The number of hydrogen-bond acceptors (Lipinski definition) is 2. The third-order valence-corrected chi connectivity index (χ3v) is 4.11. The van der Waals surface area contributed by atoms with Crippen LogP contribution in [0.1, 0.15) is 40.0 Å². The molecule has 1 heterocycles. The van der Waals surface area contributed by atoms with Crippen LogP contribution in [0.3, 0.4) is 0 Å². The van der Waals surface area contributed by atoms with Crippen molar-refractivity contribution in [1.82, 2.24) is 4.90 Å². The first-order valence-corrected chi connectivity index (χ1v) is 7.29. The molecule has 1 nitrogen and oxygen atoms in total. The molecule has 2 atom stereocenters. The van der Waals surface area contributed by atoms with Crippen molar-refractivity contribution in [3.8, 4) is 0 Å². The van der Waals surface area contributed by atoms with E-state index in [9.17, 15) is 0 Å². The van der Waals surface area contributed by atoms with Gasteiger partial charge in [0.1, 0.15) is 0 Å². The number of hydrogen-bond donors (Lipinski definition) is 0. The summed E-state index contributed by atoms with van der Waals surface area (Å²) in [6.07, 6.45) is 6.45. The molecule has 0 aromatic rings. The van der Waals surface area contributed by atoms with E-state index in [1.807, 2.05) is 11.8 Å². The fourth-order valence-corrected chi connectivity index (χ4v) is 3.31. The summed E-state index contributed by atoms with van der Waals surface area (Å²) < 4.78 is 0. The standard InChI is InChI=1S/C12H25NS/c1-10(2)13-7-5-6-12(13)8-11(3)9-14-4/h10-12H,5-9H2,1-4H3. The van der Waals surface area contributed by atoms with Crippen molar-refractivity contribution in [2.75, 3.05) is 18.6 Å². The van der Waals surface area contributed by atoms with Crippen LogP contribution in [0, 0.1) is 5.92 Å². The zero-order valence-electron chi connectivity index (χ0n) is 10.1. The average molecular weight is 215 g/mol. The Morgan fingerprint density at radius 2 is 2.07 bits per heavy atom. The first kappa shape index (κ1) is 12.4. The van der Waals surface area contributed by atoms with Crippen LogP contribution in [0.25, 0.3) is 0 Å². The zero-order chi connectivity index (χ0) is 10.6. The molecule has 1 rings (SSSR count). The average Bonchev–Trinajstić information content (AvgIpc) is 2.52. The minimum Gasteiger partial charge on any atom is -0.298 e. The fraction of sp³-hybridized carbons (Fsp3) is 1.00. The summed E-state index contributed by atoms with van der Waals surface area (Å²) in [6.45, 7) is 8.39. The van der Waals surface area contributed by atoms with Crippen LogP contribution in [0.15, 0.2) is 0 Å². The second kappa shape index (κ2) is 6.02. The predicted octanol–water partition coefficient (Wildman–Crippen LogP) is 3.25. The van der Waals surface area contributed by atoms with Gasteiger partial charge in [-0.3, -0.25) is 4.90 Å². The monoisotopic (exact) mass is 215 g/mol. The molecule has 0 aromatic heterocycles. The largest absolute Gasteiger partial charge is 0.298 e. The molecule has 1 aliphatic heterocycles. The first-order valence-electron chi connectivity index (χ1n) is 5.89. The van der Waals surface area contributed by atoms with Crippen molar-refractivity contribution in [3.63, 3.8) is 0 Å². The third-order valence-electron chi connectivity index (χ3n) is 3.21. The van der Waals surface area contributed by atoms with Gasteiger partial charge in [0, 0.05) is 12.1 Å². The Morgan fingerprint density at radius 3 is 2.64 bits per heavy atom. The molecular formula is C12H25NS. The molecule has 2 unspecified atom stereocenters. The molecule has 1 fully saturated rings. The second-order valence-electron chi connectivity index (χ2n) is 4.92. The Bertz CT molecular complexity index is 158. The Hall–Kier alpha value is 0.310. The molecule has 0 amide bonds. The molecule has 1 aliphatic rings. The molecule has 0 aliphatic carbocycles. The summed E-state index contributed by atoms with van der Waals surface area (Å²) in [5, 5.41) is 0. The van der Waals surface area contributed by atoms with Crippen LogP contribution in [-0.2, 0) is 0 Å². The minimum absolute atomic E-state index is 0.740. The molecule has 0 aromatic carbocycles. The maximum Gasteiger partial charge on any atom is 0.0101 e. The van der Waals surface area contributed by atoms with E-state index >= 15 is 0 Å². The smallest absolute Gasteiger partial charge is 0.0101 e. The Balaban J connectivity index is 2.35. The summed E-state index contributed by atoms with van der Waals surface area (Å²) in [5.74, 6) is 2.21. The quantitative estimate of drug-likeness (QED) is 0.692. The fourth-order valence-electron chi connectivity index (χ4n) is 2.61. The van der Waals surface area contributed by atoms with Crippen molar-refractivity contribution in [1.29, 1.82) is 0 Å². The zero-order valence-corrected chi connectivity index (χ0v) is 10.9. The van der Waals surface area contributed by atoms with Crippen molar-refractivity contribution in [3.05, 3.63) is 0 Å². The van der Waals surface area contributed by atoms with E-state index in [2.05, 4.69) is 31.9 Å². The molecule has 2 heteroatoms. The highest BCUT2D eigenvalue weighted by Gasteiger charge is 2.27. The van der Waals surface area contributed by atoms with Crippen LogP contribution in [0.5, 0.6) is 0 Å². The van der Waals surface area contributed by atoms with Gasteiger partial charge in [-0.1, -0.05) is 6.92 Å². The van der Waals surface area contributed by atoms with Gasteiger partial charge in [0.15, 0.2) is 0 Å². The van der Waals surface area contributed by atoms with E-state index in [1.54, 1.807) is 0 Å². The van der Waals surface area contributed by atoms with E-state index in [0.717, 1.165) is 18.0 Å². The number of nitrogens with zero attached hydrogens (tertiary/aromatic N) is 1. The van der Waals surface area contributed by atoms with E-state index in [-0.39, 0.29) is 0 Å². The van der Waals surface area contributed by atoms with Crippen molar-refractivity contribution in [2.24, 2.45) is 5.92 Å². The van der Waals surface area contributed by atoms with Crippen molar-refractivity contribution >= 4 is 11.8 Å². The Labute approximate surface area is 93.6 Å². The highest BCUT2D eigenvalue weighted by atomic mass is 32.2. The molecule has 0 N–H and O–H groups in total. The number of rotatable bonds is 5. The van der Waals surface area contributed by atoms with Gasteiger partial charge in [0.05, 0.1) is 0 Å². The van der Waals surface area contributed by atoms with E-state index in [0.29, 0.717) is 0 Å². The van der Waals surface area contributed by atoms with Gasteiger partial charge in [-0.25, -0.2) is 0 Å². The first-order chi connectivity index (χ1) is 6.65. The second-order valence-corrected chi connectivity index (χ2v) is 5.83. The summed E-state index contributed by atoms with van der Waals surface area (Å²) in [6, 6.07) is 1.61. The summed E-state index contributed by atoms with van der Waals surface area (Å²) in [4.78, 5) is 2.69. The molecule has 0 spiro atoms. The molecule has 1 saturated heterocycles. The lowest BCUT2D eigenvalue weighted by Gasteiger charge is -2.30. The number of likely N-dealkylation sites (tertiary alicyclic amines) is 1. The SMILES string of the molecule is CSCC(C)CC1CCCN1C(C)C. The highest BCUT2D eigenvalue weighted by Crippen LogP contribution is 2.26. The maximum atomic E-state index is 2.69. The Morgan fingerprint density at radius 1 is 1.36 bits per heavy atom. The summed E-state index contributed by atoms with van der Waals surface area (Å²) >= 11 is 1.98. The van der Waals surface area contributed by atoms with Gasteiger partial charge in [-0.05, 0) is 57.6 Å². The van der Waals surface area contributed by atoms with Gasteiger partial charge in [-0.15, -0.1) is 0 Å². The lowest BCUT2D eigenvalue weighted by Crippen LogP contribution is -2.36. The van der Waals surface area contributed by atoms with Gasteiger partial charge in [-0.2, -0.15) is 11.8 Å². The molecule has 0 saturated carbocycles. The van der Waals surface area contributed by atoms with E-state index < -0.39 is 0 Å². The number of thioether (sulfide) groups is 1. The van der Waals surface area contributed by atoms with Crippen LogP contribution in [0.4, 0.5) is 0 Å². The normalized spacial score (nSPS) is 25.9. The molecule has 14 heavy (non-hydrogen) atoms. The Kier molecular flexibility index (Phi) is 5.32. The van der Waals surface area contributed by atoms with Crippen molar-refractivity contribution < 1.29 is 0 Å². The van der Waals surface area contributed by atoms with Crippen LogP contribution in [0.2, 0.25) is 0 Å². The topological polar surface area (TPSA) is 3.24 Å². The van der Waals surface area contributed by atoms with E-state index in [4.69, 9.17) is 0 Å². The molecule has 0 bridgehead atoms. The summed E-state index contributed by atoms with van der Waals surface area (Å²) in [7, 11) is 0. The highest BCUT2D eigenvalue weighted by molar-refractivity contribution is 7.98. The van der Waals surface area contributed by atoms with Crippen LogP contribution >= 0.6 is 11.8 Å². The van der Waals surface area contributed by atoms with Gasteiger partial charge >= 0.3 is 0 Å². The van der Waals surface area contributed by atoms with Gasteiger partial charge < -0.3 is 0 Å². The maximum absolute atomic E-state index is 2.69. The minimum atomic E-state index is 0.740. The van der Waals surface area contributed by atoms with Gasteiger partial charge in [0.25, 0.3) is 0 Å². The van der Waals surface area contributed by atoms with Crippen LogP contribution < -0.4 is 0 Å². The van der Waals surface area contributed by atoms with E-state index in [1.165, 1.54) is 31.6 Å². The molecular weight excluding hydrogens is 190 g/mol. The van der Waals surface area contributed by atoms with Crippen LogP contribution in [-0.4, -0.2) is 35.5 Å².